The zero-order valence-electron chi connectivity index (χ0n) is 7.69. The highest BCUT2D eigenvalue weighted by Crippen LogP contribution is 1.90. The summed E-state index contributed by atoms with van der Waals surface area (Å²) in [6, 6.07) is -0.797. The molecule has 0 aliphatic carbocycles. The van der Waals surface area contributed by atoms with Gasteiger partial charge in [0.2, 0.25) is 5.91 Å². The third-order valence-corrected chi connectivity index (χ3v) is 1.41. The van der Waals surface area contributed by atoms with E-state index in [0.29, 0.717) is 0 Å². The normalized spacial score (nSPS) is 12.2. The van der Waals surface area contributed by atoms with Gasteiger partial charge in [-0.1, -0.05) is 0 Å². The molecular formula is C7H14N2O4. The number of nitrogens with two attached hydrogens (primary N) is 1. The van der Waals surface area contributed by atoms with Crippen LogP contribution in [0.3, 0.4) is 0 Å². The molecule has 0 heterocycles. The SMILES string of the molecule is COCC(N)C(=O)N(C)CC(=O)O. The fourth-order valence-corrected chi connectivity index (χ4v) is 0.815. The molecular weight excluding hydrogens is 176 g/mol. The zero-order valence-corrected chi connectivity index (χ0v) is 7.69. The van der Waals surface area contributed by atoms with Gasteiger partial charge in [0, 0.05) is 14.2 Å². The number of aliphatic carboxylic acids is 1. The summed E-state index contributed by atoms with van der Waals surface area (Å²) in [6.45, 7) is -0.265. The maximum Gasteiger partial charge on any atom is 0.323 e. The van der Waals surface area contributed by atoms with Gasteiger partial charge in [-0.15, -0.1) is 0 Å². The monoisotopic (exact) mass is 190 g/mol. The maximum atomic E-state index is 11.2. The molecule has 0 rings (SSSR count). The molecule has 0 aliphatic heterocycles. The van der Waals surface area contributed by atoms with E-state index < -0.39 is 17.9 Å². The number of rotatable bonds is 5. The van der Waals surface area contributed by atoms with Crippen LogP contribution < -0.4 is 5.73 Å². The van der Waals surface area contributed by atoms with Crippen LogP contribution in [0.4, 0.5) is 0 Å². The number of ether oxygens (including phenoxy) is 1. The molecule has 3 N–H and O–H groups in total. The number of amides is 1. The third-order valence-electron chi connectivity index (χ3n) is 1.41. The first kappa shape index (κ1) is 11.9. The Morgan fingerprint density at radius 2 is 2.15 bits per heavy atom. The number of carboxylic acid groups (broad SMARTS) is 1. The van der Waals surface area contributed by atoms with Crippen LogP contribution in [0.5, 0.6) is 0 Å². The van der Waals surface area contributed by atoms with Gasteiger partial charge in [-0.05, 0) is 0 Å². The van der Waals surface area contributed by atoms with Crippen molar-refractivity contribution in [3.05, 3.63) is 0 Å². The third kappa shape index (κ3) is 4.44. The number of hydrogen-bond donors (Lipinski definition) is 2. The van der Waals surface area contributed by atoms with Gasteiger partial charge in [0.1, 0.15) is 12.6 Å². The molecule has 6 nitrogen and oxygen atoms in total. The predicted molar refractivity (Wildman–Crippen MR) is 45.1 cm³/mol. The number of methoxy groups -OCH3 is 1. The summed E-state index contributed by atoms with van der Waals surface area (Å²) in [5.74, 6) is -1.51. The summed E-state index contributed by atoms with van der Waals surface area (Å²) in [5.41, 5.74) is 5.40. The lowest BCUT2D eigenvalue weighted by atomic mass is 10.3. The van der Waals surface area contributed by atoms with Gasteiger partial charge in [-0.3, -0.25) is 9.59 Å². The van der Waals surface area contributed by atoms with Gasteiger partial charge in [0.05, 0.1) is 6.61 Å². The summed E-state index contributed by atoms with van der Waals surface area (Å²) >= 11 is 0. The highest BCUT2D eigenvalue weighted by Gasteiger charge is 2.19. The molecule has 0 aromatic heterocycles. The number of likely N-dealkylation sites (N-methyl/N-ethyl adjacent to an activating group) is 1. The summed E-state index contributed by atoms with van der Waals surface area (Å²) in [4.78, 5) is 22.5. The molecule has 0 fully saturated rings. The van der Waals surface area contributed by atoms with Crippen molar-refractivity contribution in [2.45, 2.75) is 6.04 Å². The Bertz CT molecular complexity index is 195. The topological polar surface area (TPSA) is 92.9 Å². The Morgan fingerprint density at radius 3 is 2.54 bits per heavy atom. The molecule has 1 unspecified atom stereocenters. The van der Waals surface area contributed by atoms with E-state index in [2.05, 4.69) is 4.74 Å². The molecule has 76 valence electrons. The Kier molecular flexibility index (Phi) is 5.01. The lowest BCUT2D eigenvalue weighted by Gasteiger charge is -2.18. The number of hydrogen-bond acceptors (Lipinski definition) is 4. The Morgan fingerprint density at radius 1 is 1.62 bits per heavy atom. The molecule has 0 radical (unpaired) electrons. The second kappa shape index (κ2) is 5.50. The smallest absolute Gasteiger partial charge is 0.323 e. The number of carboxylic acids is 1. The Labute approximate surface area is 76.3 Å². The standard InChI is InChI=1S/C7H14N2O4/c1-9(3-6(10)11)7(12)5(8)4-13-2/h5H,3-4,8H2,1-2H3,(H,10,11). The predicted octanol–water partition coefficient (Wildman–Crippen LogP) is -1.50. The lowest BCUT2D eigenvalue weighted by molar-refractivity contribution is -0.144. The second-order valence-electron chi connectivity index (χ2n) is 2.65. The minimum Gasteiger partial charge on any atom is -0.480 e. The lowest BCUT2D eigenvalue weighted by Crippen LogP contribution is -2.45. The summed E-state index contributed by atoms with van der Waals surface area (Å²) in [5, 5.41) is 8.38. The van der Waals surface area contributed by atoms with Gasteiger partial charge >= 0.3 is 5.97 Å². The molecule has 0 bridgehead atoms. The van der Waals surface area contributed by atoms with E-state index >= 15 is 0 Å². The van der Waals surface area contributed by atoms with E-state index in [1.54, 1.807) is 0 Å². The summed E-state index contributed by atoms with van der Waals surface area (Å²) < 4.78 is 4.66. The highest BCUT2D eigenvalue weighted by molar-refractivity contribution is 5.85. The molecule has 0 saturated heterocycles. The molecule has 13 heavy (non-hydrogen) atoms. The van der Waals surface area contributed by atoms with Crippen molar-refractivity contribution in [1.82, 2.24) is 4.90 Å². The molecule has 0 saturated carbocycles. The number of carbonyl (C=O) groups excluding carboxylic acids is 1. The quantitative estimate of drug-likeness (QED) is 0.550. The van der Waals surface area contributed by atoms with Gasteiger partial charge < -0.3 is 20.5 Å². The second-order valence-corrected chi connectivity index (χ2v) is 2.65. The van der Waals surface area contributed by atoms with Crippen molar-refractivity contribution in [1.29, 1.82) is 0 Å². The van der Waals surface area contributed by atoms with Crippen molar-refractivity contribution < 1.29 is 19.4 Å². The van der Waals surface area contributed by atoms with E-state index in [9.17, 15) is 9.59 Å². The molecule has 0 spiro atoms. The van der Waals surface area contributed by atoms with Crippen LogP contribution in [-0.4, -0.2) is 55.2 Å². The van der Waals surface area contributed by atoms with Gasteiger partial charge in [0.15, 0.2) is 0 Å². The molecule has 0 aromatic carbocycles. The Balaban J connectivity index is 4.01. The van der Waals surface area contributed by atoms with E-state index in [4.69, 9.17) is 10.8 Å². The fraction of sp³-hybridized carbons (Fsp3) is 0.714. The minimum absolute atomic E-state index is 0.0861. The van der Waals surface area contributed by atoms with Crippen LogP contribution in [0.25, 0.3) is 0 Å². The van der Waals surface area contributed by atoms with Crippen molar-refractivity contribution in [2.24, 2.45) is 5.73 Å². The molecule has 0 aromatic rings. The Hall–Kier alpha value is -1.14. The average molecular weight is 190 g/mol. The van der Waals surface area contributed by atoms with Gasteiger partial charge in [-0.2, -0.15) is 0 Å². The maximum absolute atomic E-state index is 11.2. The van der Waals surface area contributed by atoms with Crippen LogP contribution in [0.2, 0.25) is 0 Å². The van der Waals surface area contributed by atoms with Gasteiger partial charge in [-0.25, -0.2) is 0 Å². The van der Waals surface area contributed by atoms with E-state index in [0.717, 1.165) is 4.90 Å². The van der Waals surface area contributed by atoms with Crippen molar-refractivity contribution in [3.63, 3.8) is 0 Å². The summed E-state index contributed by atoms with van der Waals surface area (Å²) in [7, 11) is 2.80. The van der Waals surface area contributed by atoms with E-state index in [1.165, 1.54) is 14.2 Å². The van der Waals surface area contributed by atoms with Crippen LogP contribution >= 0.6 is 0 Å². The van der Waals surface area contributed by atoms with E-state index in [1.807, 2.05) is 0 Å². The largest absolute Gasteiger partial charge is 0.480 e. The van der Waals surface area contributed by atoms with Crippen LogP contribution in [-0.2, 0) is 14.3 Å². The first-order chi connectivity index (χ1) is 5.99. The first-order valence-electron chi connectivity index (χ1n) is 3.70. The molecule has 1 amide bonds. The number of nitrogens with zero attached hydrogens (tertiary/aromatic N) is 1. The molecule has 0 aliphatic rings. The first-order valence-corrected chi connectivity index (χ1v) is 3.70. The van der Waals surface area contributed by atoms with Crippen molar-refractivity contribution in [2.75, 3.05) is 27.3 Å². The van der Waals surface area contributed by atoms with E-state index in [-0.39, 0.29) is 13.2 Å². The average Bonchev–Trinajstić information content (AvgIpc) is 2.02. The summed E-state index contributed by atoms with van der Waals surface area (Å²) in [6.07, 6.45) is 0. The highest BCUT2D eigenvalue weighted by atomic mass is 16.5. The number of carbonyl (C=O) groups is 2. The van der Waals surface area contributed by atoms with Crippen LogP contribution in [0.15, 0.2) is 0 Å². The van der Waals surface area contributed by atoms with Gasteiger partial charge in [0.25, 0.3) is 0 Å². The molecule has 6 heteroatoms. The van der Waals surface area contributed by atoms with Crippen molar-refractivity contribution in [3.8, 4) is 0 Å². The zero-order chi connectivity index (χ0) is 10.4. The minimum atomic E-state index is -1.07. The fourth-order valence-electron chi connectivity index (χ4n) is 0.815. The van der Waals surface area contributed by atoms with Crippen molar-refractivity contribution >= 4 is 11.9 Å². The van der Waals surface area contributed by atoms with Crippen LogP contribution in [0.1, 0.15) is 0 Å². The molecule has 1 atom stereocenters. The van der Waals surface area contributed by atoms with Crippen LogP contribution in [0, 0.1) is 0 Å².